The van der Waals surface area contributed by atoms with Crippen LogP contribution in [0.5, 0.6) is 0 Å². The lowest BCUT2D eigenvalue weighted by Crippen LogP contribution is -2.24. The molecule has 0 bridgehead atoms. The number of amides is 1. The summed E-state index contributed by atoms with van der Waals surface area (Å²) in [7, 11) is -3.43. The number of rotatable bonds is 6. The summed E-state index contributed by atoms with van der Waals surface area (Å²) in [5.41, 5.74) is 0.996. The van der Waals surface area contributed by atoms with Crippen LogP contribution in [0, 0.1) is 0 Å². The summed E-state index contributed by atoms with van der Waals surface area (Å²) in [4.78, 5) is 26.6. The monoisotopic (exact) mass is 349 g/mol. The SMILES string of the molecule is CS(=O)(=O)Nc1ccccc1CNC(=O)c1ccc(C(=O)O)cn1. The molecule has 8 nitrogen and oxygen atoms in total. The van der Waals surface area contributed by atoms with E-state index >= 15 is 0 Å². The maximum absolute atomic E-state index is 12.0. The van der Waals surface area contributed by atoms with Crippen molar-refractivity contribution in [3.05, 3.63) is 59.4 Å². The van der Waals surface area contributed by atoms with Gasteiger partial charge in [-0.3, -0.25) is 14.5 Å². The minimum Gasteiger partial charge on any atom is -0.478 e. The fourth-order valence-electron chi connectivity index (χ4n) is 1.89. The predicted molar refractivity (Wildman–Crippen MR) is 87.3 cm³/mol. The summed E-state index contributed by atoms with van der Waals surface area (Å²) < 4.78 is 25.1. The summed E-state index contributed by atoms with van der Waals surface area (Å²) >= 11 is 0. The molecule has 1 aromatic carbocycles. The molecule has 126 valence electrons. The van der Waals surface area contributed by atoms with Crippen LogP contribution < -0.4 is 10.0 Å². The van der Waals surface area contributed by atoms with E-state index in [1.165, 1.54) is 12.1 Å². The van der Waals surface area contributed by atoms with Crippen LogP contribution in [-0.2, 0) is 16.6 Å². The third-order valence-corrected chi connectivity index (χ3v) is 3.59. The number of aromatic carboxylic acids is 1. The number of anilines is 1. The summed E-state index contributed by atoms with van der Waals surface area (Å²) in [5, 5.41) is 11.4. The van der Waals surface area contributed by atoms with Gasteiger partial charge in [0.25, 0.3) is 5.91 Å². The minimum absolute atomic E-state index is 0.0192. The summed E-state index contributed by atoms with van der Waals surface area (Å²) in [6.07, 6.45) is 2.13. The highest BCUT2D eigenvalue weighted by Crippen LogP contribution is 2.16. The van der Waals surface area contributed by atoms with Gasteiger partial charge in [0.2, 0.25) is 10.0 Å². The molecule has 3 N–H and O–H groups in total. The zero-order valence-corrected chi connectivity index (χ0v) is 13.5. The molecule has 0 unspecified atom stereocenters. The largest absolute Gasteiger partial charge is 0.478 e. The van der Waals surface area contributed by atoms with Crippen LogP contribution in [0.15, 0.2) is 42.6 Å². The van der Waals surface area contributed by atoms with E-state index in [1.807, 2.05) is 0 Å². The molecule has 1 aromatic heterocycles. The number of hydrogen-bond acceptors (Lipinski definition) is 5. The number of benzene rings is 1. The van der Waals surface area contributed by atoms with Crippen LogP contribution in [0.4, 0.5) is 5.69 Å². The van der Waals surface area contributed by atoms with Crippen LogP contribution in [0.1, 0.15) is 26.4 Å². The van der Waals surface area contributed by atoms with Crippen LogP contribution in [0.2, 0.25) is 0 Å². The number of nitrogens with zero attached hydrogens (tertiary/aromatic N) is 1. The molecule has 0 aliphatic rings. The molecule has 0 radical (unpaired) electrons. The second-order valence-electron chi connectivity index (χ2n) is 4.95. The van der Waals surface area contributed by atoms with Gasteiger partial charge in [0.1, 0.15) is 5.69 Å². The molecule has 0 saturated heterocycles. The van der Waals surface area contributed by atoms with Crippen molar-refractivity contribution in [3.8, 4) is 0 Å². The smallest absolute Gasteiger partial charge is 0.337 e. The maximum Gasteiger partial charge on any atom is 0.337 e. The number of pyridine rings is 1. The number of sulfonamides is 1. The van der Waals surface area contributed by atoms with Gasteiger partial charge in [-0.25, -0.2) is 13.2 Å². The molecule has 0 fully saturated rings. The lowest BCUT2D eigenvalue weighted by molar-refractivity contribution is 0.0695. The molecule has 0 spiro atoms. The molecular formula is C15H15N3O5S. The van der Waals surface area contributed by atoms with Gasteiger partial charge in [0, 0.05) is 12.7 Å². The first-order chi connectivity index (χ1) is 11.3. The molecule has 0 aliphatic carbocycles. The third kappa shape index (κ3) is 4.78. The van der Waals surface area contributed by atoms with Gasteiger partial charge in [0.15, 0.2) is 0 Å². The zero-order chi connectivity index (χ0) is 17.7. The van der Waals surface area contributed by atoms with Crippen molar-refractivity contribution < 1.29 is 23.1 Å². The van der Waals surface area contributed by atoms with E-state index in [4.69, 9.17) is 5.11 Å². The van der Waals surface area contributed by atoms with Crippen LogP contribution >= 0.6 is 0 Å². The molecular weight excluding hydrogens is 334 g/mol. The van der Waals surface area contributed by atoms with Crippen molar-refractivity contribution in [1.82, 2.24) is 10.3 Å². The van der Waals surface area contributed by atoms with Gasteiger partial charge in [0.05, 0.1) is 17.5 Å². The topological polar surface area (TPSA) is 125 Å². The highest BCUT2D eigenvalue weighted by atomic mass is 32.2. The zero-order valence-electron chi connectivity index (χ0n) is 12.7. The Labute approximate surface area is 138 Å². The van der Waals surface area contributed by atoms with Gasteiger partial charge in [-0.2, -0.15) is 0 Å². The molecule has 9 heteroatoms. The first-order valence-electron chi connectivity index (χ1n) is 6.79. The van der Waals surface area contributed by atoms with Crippen molar-refractivity contribution in [3.63, 3.8) is 0 Å². The Bertz CT molecular complexity index is 863. The Balaban J connectivity index is 2.08. The Kier molecular flexibility index (Phi) is 5.14. The lowest BCUT2D eigenvalue weighted by atomic mass is 10.2. The molecule has 24 heavy (non-hydrogen) atoms. The minimum atomic E-state index is -3.43. The lowest BCUT2D eigenvalue weighted by Gasteiger charge is -2.11. The second kappa shape index (κ2) is 7.09. The number of para-hydroxylation sites is 1. The Morgan fingerprint density at radius 2 is 1.88 bits per heavy atom. The molecule has 0 aliphatic heterocycles. The van der Waals surface area contributed by atoms with E-state index in [2.05, 4.69) is 15.0 Å². The van der Waals surface area contributed by atoms with E-state index in [0.29, 0.717) is 11.3 Å². The average molecular weight is 349 g/mol. The standard InChI is InChI=1S/C15H15N3O5S/c1-24(22,23)18-12-5-3-2-4-10(12)8-17-14(19)13-7-6-11(9-16-13)15(20)21/h2-7,9,18H,8H2,1H3,(H,17,19)(H,20,21). The molecule has 1 heterocycles. The van der Waals surface area contributed by atoms with E-state index in [1.54, 1.807) is 24.3 Å². The van der Waals surface area contributed by atoms with Gasteiger partial charge in [-0.15, -0.1) is 0 Å². The van der Waals surface area contributed by atoms with Crippen molar-refractivity contribution in [2.45, 2.75) is 6.54 Å². The van der Waals surface area contributed by atoms with Gasteiger partial charge >= 0.3 is 5.97 Å². The van der Waals surface area contributed by atoms with E-state index < -0.39 is 21.9 Å². The quantitative estimate of drug-likeness (QED) is 0.716. The number of aromatic nitrogens is 1. The molecule has 1 amide bonds. The Morgan fingerprint density at radius 1 is 1.17 bits per heavy atom. The highest BCUT2D eigenvalue weighted by molar-refractivity contribution is 7.92. The van der Waals surface area contributed by atoms with Crippen molar-refractivity contribution in [2.75, 3.05) is 11.0 Å². The van der Waals surface area contributed by atoms with Crippen LogP contribution in [0.3, 0.4) is 0 Å². The maximum atomic E-state index is 12.0. The summed E-state index contributed by atoms with van der Waals surface area (Å²) in [5.74, 6) is -1.63. The predicted octanol–water partition coefficient (Wildman–Crippen LogP) is 1.08. The van der Waals surface area contributed by atoms with Gasteiger partial charge in [-0.1, -0.05) is 18.2 Å². The Morgan fingerprint density at radius 3 is 2.46 bits per heavy atom. The molecule has 2 rings (SSSR count). The normalized spacial score (nSPS) is 10.9. The number of carbonyl (C=O) groups is 2. The van der Waals surface area contributed by atoms with E-state index in [0.717, 1.165) is 12.5 Å². The van der Waals surface area contributed by atoms with Gasteiger partial charge < -0.3 is 10.4 Å². The first-order valence-corrected chi connectivity index (χ1v) is 8.68. The molecule has 0 saturated carbocycles. The summed E-state index contributed by atoms with van der Waals surface area (Å²) in [6.45, 7) is 0.0832. The number of carboxylic acid groups (broad SMARTS) is 1. The van der Waals surface area contributed by atoms with E-state index in [-0.39, 0.29) is 17.8 Å². The first kappa shape index (κ1) is 17.4. The van der Waals surface area contributed by atoms with Crippen LogP contribution in [0.25, 0.3) is 0 Å². The van der Waals surface area contributed by atoms with Crippen molar-refractivity contribution in [1.29, 1.82) is 0 Å². The number of carboxylic acids is 1. The molecule has 2 aromatic rings. The molecule has 0 atom stereocenters. The van der Waals surface area contributed by atoms with Gasteiger partial charge in [-0.05, 0) is 23.8 Å². The highest BCUT2D eigenvalue weighted by Gasteiger charge is 2.11. The average Bonchev–Trinajstić information content (AvgIpc) is 2.52. The fraction of sp³-hybridized carbons (Fsp3) is 0.133. The fourth-order valence-corrected chi connectivity index (χ4v) is 2.49. The number of hydrogen-bond donors (Lipinski definition) is 3. The third-order valence-electron chi connectivity index (χ3n) is 3.00. The van der Waals surface area contributed by atoms with Crippen molar-refractivity contribution in [2.24, 2.45) is 0 Å². The van der Waals surface area contributed by atoms with Crippen molar-refractivity contribution >= 4 is 27.6 Å². The number of nitrogens with one attached hydrogen (secondary N) is 2. The van der Waals surface area contributed by atoms with Crippen LogP contribution in [-0.4, -0.2) is 36.6 Å². The van der Waals surface area contributed by atoms with E-state index in [9.17, 15) is 18.0 Å². The Hall–Kier alpha value is -2.94. The second-order valence-corrected chi connectivity index (χ2v) is 6.70. The summed E-state index contributed by atoms with van der Waals surface area (Å²) in [6, 6.07) is 9.24. The number of carbonyl (C=O) groups excluding carboxylic acids is 1.